The highest BCUT2D eigenvalue weighted by Crippen LogP contribution is 2.24. The summed E-state index contributed by atoms with van der Waals surface area (Å²) in [5, 5.41) is 12.8. The van der Waals surface area contributed by atoms with Crippen LogP contribution < -0.4 is 10.4 Å². The van der Waals surface area contributed by atoms with Crippen molar-refractivity contribution in [1.82, 2.24) is 24.4 Å². The number of aromatic nitrogens is 5. The molecule has 0 fully saturated rings. The third-order valence-electron chi connectivity index (χ3n) is 3.76. The van der Waals surface area contributed by atoms with Gasteiger partial charge in [-0.3, -0.25) is 4.40 Å². The molecule has 0 saturated heterocycles. The zero-order chi connectivity index (χ0) is 17.9. The average molecular weight is 369 g/mol. The maximum atomic E-state index is 12.2. The third-order valence-corrected chi connectivity index (χ3v) is 4.56. The zero-order valence-corrected chi connectivity index (χ0v) is 14.7. The van der Waals surface area contributed by atoms with Crippen molar-refractivity contribution in [3.63, 3.8) is 0 Å². The smallest absolute Gasteiger partial charge is 0.350 e. The van der Waals surface area contributed by atoms with E-state index in [1.807, 2.05) is 30.3 Å². The van der Waals surface area contributed by atoms with Crippen LogP contribution in [0, 0.1) is 0 Å². The third kappa shape index (κ3) is 3.21. The van der Waals surface area contributed by atoms with E-state index in [9.17, 15) is 4.79 Å². The molecule has 0 N–H and O–H groups in total. The lowest BCUT2D eigenvalue weighted by Crippen LogP contribution is -2.21. The van der Waals surface area contributed by atoms with Crippen LogP contribution in [-0.2, 0) is 6.54 Å². The highest BCUT2D eigenvalue weighted by Gasteiger charge is 2.10. The molecule has 0 aliphatic rings. The van der Waals surface area contributed by atoms with Gasteiger partial charge in [0.05, 0.1) is 13.7 Å². The van der Waals surface area contributed by atoms with Gasteiger partial charge in [0.15, 0.2) is 5.65 Å². The van der Waals surface area contributed by atoms with Crippen LogP contribution >= 0.6 is 11.8 Å². The number of thioether (sulfide) groups is 1. The Morgan fingerprint density at radius 1 is 1.15 bits per heavy atom. The number of fused-ring (bicyclic) bond motifs is 1. The molecule has 8 nitrogen and oxygen atoms in total. The Kier molecular flexibility index (Phi) is 4.44. The molecule has 0 aliphatic heterocycles. The largest absolute Gasteiger partial charge is 0.497 e. The first-order valence-electron chi connectivity index (χ1n) is 7.89. The molecule has 0 bridgehead atoms. The van der Waals surface area contributed by atoms with E-state index in [0.29, 0.717) is 29.1 Å². The van der Waals surface area contributed by atoms with Crippen LogP contribution in [0.4, 0.5) is 0 Å². The Morgan fingerprint density at radius 2 is 2.00 bits per heavy atom. The number of benzene rings is 1. The lowest BCUT2D eigenvalue weighted by atomic mass is 10.2. The Bertz CT molecular complexity index is 1080. The molecule has 1 aromatic carbocycles. The average Bonchev–Trinajstić information content (AvgIpc) is 3.28. The quantitative estimate of drug-likeness (QED) is 0.482. The number of hydrogen-bond donors (Lipinski definition) is 0. The Morgan fingerprint density at radius 3 is 2.77 bits per heavy atom. The van der Waals surface area contributed by atoms with E-state index < -0.39 is 0 Å². The second-order valence-electron chi connectivity index (χ2n) is 5.38. The lowest BCUT2D eigenvalue weighted by Gasteiger charge is -1.99. The summed E-state index contributed by atoms with van der Waals surface area (Å²) in [6.45, 7) is 0.450. The van der Waals surface area contributed by atoms with Crippen LogP contribution in [0.3, 0.4) is 0 Å². The predicted octanol–water partition coefficient (Wildman–Crippen LogP) is 2.35. The van der Waals surface area contributed by atoms with E-state index in [2.05, 4.69) is 15.3 Å². The molecular weight excluding hydrogens is 354 g/mol. The molecular formula is C17H15N5O3S. The minimum absolute atomic E-state index is 0.161. The van der Waals surface area contributed by atoms with Gasteiger partial charge in [-0.2, -0.15) is 0 Å². The van der Waals surface area contributed by atoms with E-state index in [-0.39, 0.29) is 5.69 Å². The van der Waals surface area contributed by atoms with Crippen LogP contribution in [0.1, 0.15) is 0 Å². The van der Waals surface area contributed by atoms with Gasteiger partial charge in [0, 0.05) is 17.5 Å². The molecule has 3 aromatic heterocycles. The number of methoxy groups -OCH3 is 1. The number of aryl methyl sites for hydroxylation is 1. The highest BCUT2D eigenvalue weighted by molar-refractivity contribution is 7.99. The topological polar surface area (TPSA) is 87.5 Å². The van der Waals surface area contributed by atoms with Gasteiger partial charge < -0.3 is 9.15 Å². The molecule has 0 saturated carbocycles. The minimum Gasteiger partial charge on any atom is -0.497 e. The number of hydrogen-bond acceptors (Lipinski definition) is 7. The molecule has 0 radical (unpaired) electrons. The summed E-state index contributed by atoms with van der Waals surface area (Å²) in [6.07, 6.45) is 1.70. The summed E-state index contributed by atoms with van der Waals surface area (Å²) >= 11 is 1.38. The molecule has 4 aromatic rings. The fourth-order valence-corrected chi connectivity index (χ4v) is 3.13. The van der Waals surface area contributed by atoms with E-state index >= 15 is 0 Å². The van der Waals surface area contributed by atoms with Gasteiger partial charge in [-0.1, -0.05) is 17.8 Å². The maximum absolute atomic E-state index is 12.2. The second-order valence-corrected chi connectivity index (χ2v) is 6.43. The van der Waals surface area contributed by atoms with Crippen LogP contribution in [0.25, 0.3) is 17.1 Å². The molecule has 3 heterocycles. The summed E-state index contributed by atoms with van der Waals surface area (Å²) in [5.74, 6) is 1.80. The van der Waals surface area contributed by atoms with Crippen molar-refractivity contribution in [2.45, 2.75) is 11.8 Å². The fourth-order valence-electron chi connectivity index (χ4n) is 2.45. The molecule has 0 spiro atoms. The molecule has 132 valence electrons. The zero-order valence-electron chi connectivity index (χ0n) is 13.9. The predicted molar refractivity (Wildman–Crippen MR) is 96.5 cm³/mol. The maximum Gasteiger partial charge on any atom is 0.350 e. The first-order valence-corrected chi connectivity index (χ1v) is 8.88. The minimum atomic E-state index is -0.161. The van der Waals surface area contributed by atoms with Gasteiger partial charge in [0.2, 0.25) is 5.89 Å². The first-order chi connectivity index (χ1) is 12.7. The van der Waals surface area contributed by atoms with Crippen LogP contribution in [0.5, 0.6) is 5.75 Å². The molecule has 26 heavy (non-hydrogen) atoms. The molecule has 9 heteroatoms. The number of nitrogens with zero attached hydrogens (tertiary/aromatic N) is 5. The van der Waals surface area contributed by atoms with Crippen molar-refractivity contribution >= 4 is 17.4 Å². The fraction of sp³-hybridized carbons (Fsp3) is 0.176. The number of rotatable bonds is 6. The van der Waals surface area contributed by atoms with Crippen molar-refractivity contribution in [3.8, 4) is 17.2 Å². The van der Waals surface area contributed by atoms with Crippen molar-refractivity contribution in [2.24, 2.45) is 0 Å². The standard InChI is InChI=1S/C17H15N5O3S/c1-24-13-7-5-12(6-8-13)15-18-19-16(25-15)26-11-10-22-17(23)21-9-3-2-4-14(21)20-22/h2-9H,10-11H2,1H3. The Hall–Kier alpha value is -3.07. The summed E-state index contributed by atoms with van der Waals surface area (Å²) < 4.78 is 13.7. The SMILES string of the molecule is COc1ccc(-c2nnc(SCCn3nc4ccccn4c3=O)o2)cc1. The van der Waals surface area contributed by atoms with E-state index in [1.165, 1.54) is 20.8 Å². The normalized spacial score (nSPS) is 11.1. The number of pyridine rings is 1. The lowest BCUT2D eigenvalue weighted by molar-refractivity contribution is 0.414. The van der Waals surface area contributed by atoms with E-state index in [0.717, 1.165) is 11.3 Å². The van der Waals surface area contributed by atoms with Gasteiger partial charge in [0.25, 0.3) is 5.22 Å². The van der Waals surface area contributed by atoms with Crippen LogP contribution in [-0.4, -0.2) is 37.2 Å². The summed E-state index contributed by atoms with van der Waals surface area (Å²) in [4.78, 5) is 12.2. The van der Waals surface area contributed by atoms with Gasteiger partial charge in [-0.05, 0) is 36.4 Å². The molecule has 0 amide bonds. The van der Waals surface area contributed by atoms with Crippen LogP contribution in [0.2, 0.25) is 0 Å². The van der Waals surface area contributed by atoms with Crippen molar-refractivity contribution in [3.05, 3.63) is 59.1 Å². The Labute approximate surface area is 152 Å². The molecule has 4 rings (SSSR count). The van der Waals surface area contributed by atoms with Gasteiger partial charge in [0.1, 0.15) is 5.75 Å². The Balaban J connectivity index is 1.41. The number of ether oxygens (including phenoxy) is 1. The molecule has 0 unspecified atom stereocenters. The van der Waals surface area contributed by atoms with Gasteiger partial charge in [-0.15, -0.1) is 15.3 Å². The molecule has 0 atom stereocenters. The monoisotopic (exact) mass is 369 g/mol. The second kappa shape index (κ2) is 7.04. The molecule has 0 aliphatic carbocycles. The van der Waals surface area contributed by atoms with Crippen molar-refractivity contribution in [1.29, 1.82) is 0 Å². The summed E-state index contributed by atoms with van der Waals surface area (Å²) in [7, 11) is 1.62. The summed E-state index contributed by atoms with van der Waals surface area (Å²) in [5.41, 5.74) is 1.29. The van der Waals surface area contributed by atoms with Crippen LogP contribution in [0.15, 0.2) is 63.1 Å². The van der Waals surface area contributed by atoms with Gasteiger partial charge in [-0.25, -0.2) is 9.48 Å². The summed E-state index contributed by atoms with van der Waals surface area (Å²) in [6, 6.07) is 12.8. The van der Waals surface area contributed by atoms with E-state index in [1.54, 1.807) is 25.4 Å². The van der Waals surface area contributed by atoms with Gasteiger partial charge >= 0.3 is 5.69 Å². The van der Waals surface area contributed by atoms with Crippen molar-refractivity contribution < 1.29 is 9.15 Å². The van der Waals surface area contributed by atoms with Crippen molar-refractivity contribution in [2.75, 3.05) is 12.9 Å². The van der Waals surface area contributed by atoms with E-state index in [4.69, 9.17) is 9.15 Å². The highest BCUT2D eigenvalue weighted by atomic mass is 32.2. The first kappa shape index (κ1) is 16.4.